The lowest BCUT2D eigenvalue weighted by Crippen LogP contribution is -2.05. The van der Waals surface area contributed by atoms with Crippen LogP contribution in [0.15, 0.2) is 42.5 Å². The Kier molecular flexibility index (Phi) is 5.56. The molecule has 128 valence electrons. The van der Waals surface area contributed by atoms with Gasteiger partial charge in [-0.3, -0.25) is 9.78 Å². The lowest BCUT2D eigenvalue weighted by Gasteiger charge is -2.11. The van der Waals surface area contributed by atoms with Crippen molar-refractivity contribution in [2.45, 2.75) is 19.5 Å². The molecule has 0 atom stereocenters. The van der Waals surface area contributed by atoms with Gasteiger partial charge in [0.1, 0.15) is 11.5 Å². The molecule has 0 heterocycles. The number of hydrogen-bond acceptors (Lipinski definition) is 4. The number of benzene rings is 2. The number of rotatable bonds is 5. The third-order valence-corrected chi connectivity index (χ3v) is 3.13. The van der Waals surface area contributed by atoms with Crippen molar-refractivity contribution in [3.8, 4) is 17.2 Å². The van der Waals surface area contributed by atoms with Gasteiger partial charge in [0, 0.05) is 6.42 Å². The largest absolute Gasteiger partial charge is 0.456 e. The zero-order valence-electron chi connectivity index (χ0n) is 12.4. The molecular formula is C16H12ClF3O4. The highest BCUT2D eigenvalue weighted by molar-refractivity contribution is 6.32. The summed E-state index contributed by atoms with van der Waals surface area (Å²) >= 11 is 5.81. The summed E-state index contributed by atoms with van der Waals surface area (Å²) in [6.45, 7) is 1.62. The van der Waals surface area contributed by atoms with E-state index in [-0.39, 0.29) is 22.9 Å². The molecule has 0 bridgehead atoms. The van der Waals surface area contributed by atoms with Crippen molar-refractivity contribution < 1.29 is 32.5 Å². The molecule has 0 amide bonds. The van der Waals surface area contributed by atoms with Crippen molar-refractivity contribution in [2.24, 2.45) is 0 Å². The monoisotopic (exact) mass is 360 g/mol. The second kappa shape index (κ2) is 7.44. The summed E-state index contributed by atoms with van der Waals surface area (Å²) in [6, 6.07) is 8.72. The summed E-state index contributed by atoms with van der Waals surface area (Å²) in [4.78, 5) is 20.2. The van der Waals surface area contributed by atoms with Crippen molar-refractivity contribution in [2.75, 3.05) is 0 Å². The third-order valence-electron chi connectivity index (χ3n) is 2.83. The van der Waals surface area contributed by atoms with Gasteiger partial charge in [0.05, 0.1) is 10.6 Å². The fourth-order valence-corrected chi connectivity index (χ4v) is 1.82. The molecule has 0 aliphatic rings. The van der Waals surface area contributed by atoms with E-state index in [2.05, 4.69) is 4.89 Å². The van der Waals surface area contributed by atoms with Crippen molar-refractivity contribution in [1.82, 2.24) is 0 Å². The van der Waals surface area contributed by atoms with Crippen molar-refractivity contribution in [1.29, 1.82) is 0 Å². The van der Waals surface area contributed by atoms with Crippen LogP contribution in [0.5, 0.6) is 17.2 Å². The number of ether oxygens (including phenoxy) is 1. The molecule has 4 nitrogen and oxygen atoms in total. The SMILES string of the molecule is CCC(=O)OOc1ccc(Oc2ccc(C(F)(F)F)cc2Cl)cc1. The summed E-state index contributed by atoms with van der Waals surface area (Å²) in [5, 5.41) is -0.165. The number of halogens is 4. The number of hydrogen-bond donors (Lipinski definition) is 0. The fraction of sp³-hybridized carbons (Fsp3) is 0.188. The highest BCUT2D eigenvalue weighted by Crippen LogP contribution is 2.36. The molecule has 0 spiro atoms. The molecule has 2 aromatic rings. The van der Waals surface area contributed by atoms with E-state index in [1.165, 1.54) is 24.3 Å². The lowest BCUT2D eigenvalue weighted by molar-refractivity contribution is -0.213. The second-order valence-electron chi connectivity index (χ2n) is 4.61. The Balaban J connectivity index is 2.05. The van der Waals surface area contributed by atoms with E-state index in [1.807, 2.05) is 0 Å². The highest BCUT2D eigenvalue weighted by atomic mass is 35.5. The molecule has 0 radical (unpaired) electrons. The van der Waals surface area contributed by atoms with Crippen molar-refractivity contribution >= 4 is 17.6 Å². The van der Waals surface area contributed by atoms with Crippen LogP contribution in [-0.2, 0) is 15.9 Å². The Morgan fingerprint density at radius 3 is 2.25 bits per heavy atom. The van der Waals surface area contributed by atoms with E-state index in [0.717, 1.165) is 18.2 Å². The Labute approximate surface area is 140 Å². The molecule has 8 heteroatoms. The van der Waals surface area contributed by atoms with Gasteiger partial charge >= 0.3 is 12.1 Å². The van der Waals surface area contributed by atoms with Crippen LogP contribution in [0, 0.1) is 0 Å². The van der Waals surface area contributed by atoms with Crippen molar-refractivity contribution in [3.05, 3.63) is 53.1 Å². The maximum Gasteiger partial charge on any atom is 0.416 e. The van der Waals surface area contributed by atoms with Gasteiger partial charge in [-0.2, -0.15) is 13.2 Å². The highest BCUT2D eigenvalue weighted by Gasteiger charge is 2.31. The van der Waals surface area contributed by atoms with E-state index < -0.39 is 17.7 Å². The van der Waals surface area contributed by atoms with E-state index >= 15 is 0 Å². The molecule has 0 aliphatic heterocycles. The van der Waals surface area contributed by atoms with Crippen LogP contribution in [0.1, 0.15) is 18.9 Å². The molecule has 0 fully saturated rings. The van der Waals surface area contributed by atoms with Crippen molar-refractivity contribution in [3.63, 3.8) is 0 Å². The topological polar surface area (TPSA) is 44.8 Å². The van der Waals surface area contributed by atoms with Crippen LogP contribution in [0.4, 0.5) is 13.2 Å². The van der Waals surface area contributed by atoms with Gasteiger partial charge in [0.25, 0.3) is 0 Å². The molecule has 0 aromatic heterocycles. The Hall–Kier alpha value is -2.41. The van der Waals surface area contributed by atoms with Crippen LogP contribution in [0.25, 0.3) is 0 Å². The summed E-state index contributed by atoms with van der Waals surface area (Å²) < 4.78 is 43.1. The molecule has 0 unspecified atom stereocenters. The zero-order valence-corrected chi connectivity index (χ0v) is 13.1. The normalized spacial score (nSPS) is 11.0. The Bertz CT molecular complexity index is 714. The fourth-order valence-electron chi connectivity index (χ4n) is 1.60. The maximum absolute atomic E-state index is 12.6. The molecule has 0 saturated heterocycles. The minimum atomic E-state index is -4.48. The van der Waals surface area contributed by atoms with Crippen LogP contribution >= 0.6 is 11.6 Å². The minimum Gasteiger partial charge on any atom is -0.456 e. The molecular weight excluding hydrogens is 349 g/mol. The molecule has 2 rings (SSSR count). The van der Waals surface area contributed by atoms with Gasteiger partial charge in [-0.15, -0.1) is 0 Å². The summed E-state index contributed by atoms with van der Waals surface area (Å²) in [7, 11) is 0. The predicted molar refractivity (Wildman–Crippen MR) is 80.0 cm³/mol. The van der Waals surface area contributed by atoms with E-state index in [4.69, 9.17) is 21.2 Å². The van der Waals surface area contributed by atoms with Crippen LogP contribution in [-0.4, -0.2) is 5.97 Å². The Morgan fingerprint density at radius 1 is 1.08 bits per heavy atom. The first-order valence-corrected chi connectivity index (χ1v) is 7.19. The molecule has 0 saturated carbocycles. The van der Waals surface area contributed by atoms with Gasteiger partial charge in [0.2, 0.25) is 0 Å². The van der Waals surface area contributed by atoms with Crippen LogP contribution < -0.4 is 9.62 Å². The number of carbonyl (C=O) groups is 1. The van der Waals surface area contributed by atoms with Gasteiger partial charge in [-0.05, 0) is 42.5 Å². The zero-order chi connectivity index (χ0) is 17.7. The van der Waals surface area contributed by atoms with Gasteiger partial charge in [-0.25, -0.2) is 4.79 Å². The minimum absolute atomic E-state index is 0.0794. The summed E-state index contributed by atoms with van der Waals surface area (Å²) in [5.41, 5.74) is -0.860. The molecule has 0 aliphatic carbocycles. The summed E-state index contributed by atoms with van der Waals surface area (Å²) in [5.74, 6) is 0.149. The number of alkyl halides is 3. The second-order valence-corrected chi connectivity index (χ2v) is 5.02. The molecule has 24 heavy (non-hydrogen) atoms. The average molecular weight is 361 g/mol. The van der Waals surface area contributed by atoms with Gasteiger partial charge < -0.3 is 4.74 Å². The van der Waals surface area contributed by atoms with E-state index in [0.29, 0.717) is 5.75 Å². The van der Waals surface area contributed by atoms with Crippen LogP contribution in [0.3, 0.4) is 0 Å². The standard InChI is InChI=1S/C16H12ClF3O4/c1-2-15(21)24-23-12-6-4-11(5-7-12)22-14-8-3-10(9-13(14)17)16(18,19)20/h3-9H,2H2,1H3. The third kappa shape index (κ3) is 4.79. The molecule has 2 aromatic carbocycles. The van der Waals surface area contributed by atoms with Gasteiger partial charge in [-0.1, -0.05) is 18.5 Å². The average Bonchev–Trinajstić information content (AvgIpc) is 2.54. The Morgan fingerprint density at radius 2 is 1.71 bits per heavy atom. The van der Waals surface area contributed by atoms with Gasteiger partial charge in [0.15, 0.2) is 5.75 Å². The van der Waals surface area contributed by atoms with E-state index in [1.54, 1.807) is 6.92 Å². The van der Waals surface area contributed by atoms with Crippen LogP contribution in [0.2, 0.25) is 5.02 Å². The lowest BCUT2D eigenvalue weighted by atomic mass is 10.2. The first-order chi connectivity index (χ1) is 11.3. The summed E-state index contributed by atoms with van der Waals surface area (Å²) in [6.07, 6.45) is -4.30. The first kappa shape index (κ1) is 17.9. The smallest absolute Gasteiger partial charge is 0.416 e. The molecule has 0 N–H and O–H groups in total. The first-order valence-electron chi connectivity index (χ1n) is 6.81. The van der Waals surface area contributed by atoms with E-state index in [9.17, 15) is 18.0 Å². The predicted octanol–water partition coefficient (Wildman–Crippen LogP) is 5.40. The quantitative estimate of drug-likeness (QED) is 0.529. The maximum atomic E-state index is 12.6. The number of carbonyl (C=O) groups excluding carboxylic acids is 1.